The molecule has 0 N–H and O–H groups in total. The van der Waals surface area contributed by atoms with Gasteiger partial charge >= 0.3 is 0 Å². The van der Waals surface area contributed by atoms with Gasteiger partial charge in [0.05, 0.1) is 16.7 Å². The molecule has 0 bridgehead atoms. The van der Waals surface area contributed by atoms with Crippen molar-refractivity contribution in [2.45, 2.75) is 0 Å². The summed E-state index contributed by atoms with van der Waals surface area (Å²) in [5.41, 5.74) is 13.2. The third-order valence-electron chi connectivity index (χ3n) is 8.58. The summed E-state index contributed by atoms with van der Waals surface area (Å²) in [6.07, 6.45) is 2.06. The third kappa shape index (κ3) is 3.22. The zero-order chi connectivity index (χ0) is 26.9. The number of para-hydroxylation sites is 1. The molecule has 0 unspecified atom stereocenters. The molecule has 0 radical (unpaired) electrons. The number of nitrogens with zero attached hydrogens (tertiary/aromatic N) is 2. The van der Waals surface area contributed by atoms with Crippen LogP contribution in [0.4, 0.5) is 0 Å². The van der Waals surface area contributed by atoms with Crippen LogP contribution in [0.5, 0.6) is 0 Å². The van der Waals surface area contributed by atoms with E-state index in [0.717, 1.165) is 16.9 Å². The van der Waals surface area contributed by atoms with Crippen LogP contribution < -0.4 is 0 Å². The average molecular weight is 521 g/mol. The Morgan fingerprint density at radius 3 is 2.00 bits per heavy atom. The maximum atomic E-state index is 5.06. The van der Waals surface area contributed by atoms with Gasteiger partial charge in [-0.05, 0) is 58.1 Å². The Morgan fingerprint density at radius 1 is 0.415 bits per heavy atom. The zero-order valence-electron chi connectivity index (χ0n) is 22.3. The van der Waals surface area contributed by atoms with Gasteiger partial charge < -0.3 is 4.57 Å². The maximum absolute atomic E-state index is 5.06. The van der Waals surface area contributed by atoms with Crippen molar-refractivity contribution in [3.63, 3.8) is 0 Å². The summed E-state index contributed by atoms with van der Waals surface area (Å²) in [7, 11) is 0. The molecule has 0 amide bonds. The number of benzene rings is 6. The van der Waals surface area contributed by atoms with Gasteiger partial charge in [-0.3, -0.25) is 4.98 Å². The summed E-state index contributed by atoms with van der Waals surface area (Å²) in [6, 6.07) is 50.3. The minimum atomic E-state index is 1.02. The highest BCUT2D eigenvalue weighted by Gasteiger charge is 2.23. The summed E-state index contributed by atoms with van der Waals surface area (Å²) in [6.45, 7) is 0. The predicted octanol–water partition coefficient (Wildman–Crippen LogP) is 10.3. The first-order valence-electron chi connectivity index (χ1n) is 14.1. The molecule has 2 nitrogen and oxygen atoms in total. The number of aromatic nitrogens is 2. The SMILES string of the molecule is c1ccc(-c2ccc3c(c2)c2ccccc2n3-c2cccc(-c3ncc4c5c(cccc35)-c3ccccc3-4)c2)cc1. The molecule has 1 aliphatic rings. The Morgan fingerprint density at radius 2 is 1.10 bits per heavy atom. The molecular weight excluding hydrogens is 496 g/mol. The third-order valence-corrected chi connectivity index (χ3v) is 8.58. The summed E-state index contributed by atoms with van der Waals surface area (Å²) in [4.78, 5) is 5.06. The van der Waals surface area contributed by atoms with Crippen LogP contribution in [0.1, 0.15) is 0 Å². The Hall–Kier alpha value is -5.47. The van der Waals surface area contributed by atoms with E-state index in [4.69, 9.17) is 4.98 Å². The molecule has 0 fully saturated rings. The molecular formula is C39H24N2. The van der Waals surface area contributed by atoms with Crippen molar-refractivity contribution < 1.29 is 0 Å². The Kier molecular flexibility index (Phi) is 4.64. The Balaban J connectivity index is 1.25. The molecule has 41 heavy (non-hydrogen) atoms. The van der Waals surface area contributed by atoms with Gasteiger partial charge in [0.25, 0.3) is 0 Å². The van der Waals surface area contributed by atoms with Crippen molar-refractivity contribution in [2.24, 2.45) is 0 Å². The molecule has 9 rings (SSSR count). The van der Waals surface area contributed by atoms with Crippen LogP contribution in [-0.4, -0.2) is 9.55 Å². The van der Waals surface area contributed by atoms with Crippen LogP contribution in [0.2, 0.25) is 0 Å². The first-order chi connectivity index (χ1) is 20.3. The molecule has 2 heteroatoms. The molecule has 2 aromatic heterocycles. The standard InChI is InChI=1S/C39H24N2/c1-2-10-25(11-3-1)26-20-21-37-34(23-26)31-16-6-7-19-36(31)41(37)28-13-8-12-27(22-28)39-33-18-9-17-32-29-14-4-5-15-30(29)35(24-40-39)38(32)33/h1-24H. The number of rotatable bonds is 3. The second kappa shape index (κ2) is 8.51. The van der Waals surface area contributed by atoms with E-state index >= 15 is 0 Å². The second-order valence-corrected chi connectivity index (χ2v) is 10.8. The highest BCUT2D eigenvalue weighted by Crippen LogP contribution is 2.48. The minimum absolute atomic E-state index is 1.02. The van der Waals surface area contributed by atoms with Gasteiger partial charge in [-0.15, -0.1) is 0 Å². The fraction of sp³-hybridized carbons (Fsp3) is 0. The van der Waals surface area contributed by atoms with Gasteiger partial charge in [0.15, 0.2) is 0 Å². The highest BCUT2D eigenvalue weighted by atomic mass is 15.0. The molecule has 6 aromatic carbocycles. The van der Waals surface area contributed by atoms with E-state index in [1.54, 1.807) is 0 Å². The van der Waals surface area contributed by atoms with E-state index in [1.807, 2.05) is 0 Å². The smallest absolute Gasteiger partial charge is 0.0781 e. The van der Waals surface area contributed by atoms with Gasteiger partial charge in [-0.2, -0.15) is 0 Å². The van der Waals surface area contributed by atoms with E-state index in [-0.39, 0.29) is 0 Å². The molecule has 0 spiro atoms. The van der Waals surface area contributed by atoms with Gasteiger partial charge in [0, 0.05) is 44.6 Å². The minimum Gasteiger partial charge on any atom is -0.309 e. The lowest BCUT2D eigenvalue weighted by Crippen LogP contribution is -1.95. The van der Waals surface area contributed by atoms with E-state index in [9.17, 15) is 0 Å². The highest BCUT2D eigenvalue weighted by molar-refractivity contribution is 6.18. The second-order valence-electron chi connectivity index (χ2n) is 10.8. The largest absolute Gasteiger partial charge is 0.309 e. The van der Waals surface area contributed by atoms with E-state index in [0.29, 0.717) is 0 Å². The lowest BCUT2D eigenvalue weighted by atomic mass is 9.99. The molecule has 8 aromatic rings. The lowest BCUT2D eigenvalue weighted by molar-refractivity contribution is 1.18. The Labute approximate surface area is 237 Å². The van der Waals surface area contributed by atoms with Crippen molar-refractivity contribution >= 4 is 32.6 Å². The van der Waals surface area contributed by atoms with Gasteiger partial charge in [-0.1, -0.05) is 109 Å². The first kappa shape index (κ1) is 22.4. The quantitative estimate of drug-likeness (QED) is 0.227. The van der Waals surface area contributed by atoms with Crippen LogP contribution in [0.3, 0.4) is 0 Å². The number of pyridine rings is 1. The molecule has 190 valence electrons. The van der Waals surface area contributed by atoms with Crippen molar-refractivity contribution in [3.8, 4) is 50.3 Å². The maximum Gasteiger partial charge on any atom is 0.0781 e. The molecule has 0 atom stereocenters. The van der Waals surface area contributed by atoms with E-state index < -0.39 is 0 Å². The van der Waals surface area contributed by atoms with Gasteiger partial charge in [-0.25, -0.2) is 0 Å². The molecule has 0 aliphatic heterocycles. The summed E-state index contributed by atoms with van der Waals surface area (Å²) < 4.78 is 2.39. The first-order valence-corrected chi connectivity index (χ1v) is 14.1. The van der Waals surface area contributed by atoms with Crippen molar-refractivity contribution in [3.05, 3.63) is 146 Å². The van der Waals surface area contributed by atoms with Crippen LogP contribution >= 0.6 is 0 Å². The normalized spacial score (nSPS) is 11.9. The number of hydrogen-bond donors (Lipinski definition) is 0. The van der Waals surface area contributed by atoms with Crippen molar-refractivity contribution in [1.82, 2.24) is 9.55 Å². The fourth-order valence-electron chi connectivity index (χ4n) is 6.77. The van der Waals surface area contributed by atoms with Crippen LogP contribution in [0.25, 0.3) is 82.9 Å². The van der Waals surface area contributed by atoms with E-state index in [2.05, 4.69) is 150 Å². The Bertz CT molecular complexity index is 2280. The van der Waals surface area contributed by atoms with Gasteiger partial charge in [0.2, 0.25) is 0 Å². The molecule has 0 saturated heterocycles. The number of hydrogen-bond acceptors (Lipinski definition) is 1. The predicted molar refractivity (Wildman–Crippen MR) is 171 cm³/mol. The van der Waals surface area contributed by atoms with Crippen LogP contribution in [-0.2, 0) is 0 Å². The molecule has 2 heterocycles. The van der Waals surface area contributed by atoms with Gasteiger partial charge in [0.1, 0.15) is 0 Å². The monoisotopic (exact) mass is 520 g/mol. The fourth-order valence-corrected chi connectivity index (χ4v) is 6.77. The lowest BCUT2D eigenvalue weighted by Gasteiger charge is -2.12. The molecule has 0 saturated carbocycles. The van der Waals surface area contributed by atoms with Crippen LogP contribution in [0, 0.1) is 0 Å². The summed E-state index contributed by atoms with van der Waals surface area (Å²) in [5, 5.41) is 5.01. The topological polar surface area (TPSA) is 17.8 Å². The molecule has 1 aliphatic carbocycles. The summed E-state index contributed by atoms with van der Waals surface area (Å²) >= 11 is 0. The summed E-state index contributed by atoms with van der Waals surface area (Å²) in [5.74, 6) is 0. The number of fused-ring (bicyclic) bond motifs is 6. The van der Waals surface area contributed by atoms with E-state index in [1.165, 1.54) is 66.0 Å². The van der Waals surface area contributed by atoms with Crippen LogP contribution in [0.15, 0.2) is 146 Å². The van der Waals surface area contributed by atoms with Crippen molar-refractivity contribution in [1.29, 1.82) is 0 Å². The zero-order valence-corrected chi connectivity index (χ0v) is 22.3. The average Bonchev–Trinajstić information content (AvgIpc) is 3.55. The van der Waals surface area contributed by atoms with Crippen molar-refractivity contribution in [2.75, 3.05) is 0 Å².